The van der Waals surface area contributed by atoms with Gasteiger partial charge in [-0.3, -0.25) is 9.59 Å². The predicted octanol–water partition coefficient (Wildman–Crippen LogP) is 0.524. The fraction of sp³-hybridized carbons (Fsp3) is 0.846. The quantitative estimate of drug-likeness (QED) is 0.728. The summed E-state index contributed by atoms with van der Waals surface area (Å²) in [5.74, 6) is 0.185. The van der Waals surface area contributed by atoms with Crippen LogP contribution < -0.4 is 5.32 Å². The molecule has 1 aliphatic rings. The number of aliphatic hydroxyl groups excluding tert-OH is 1. The Hall–Kier alpha value is -1.10. The third-order valence-corrected chi connectivity index (χ3v) is 3.48. The molecule has 1 fully saturated rings. The first-order valence-electron chi connectivity index (χ1n) is 6.77. The molecular formula is C13H24N2O3. The van der Waals surface area contributed by atoms with E-state index in [4.69, 9.17) is 5.11 Å². The molecule has 0 bridgehead atoms. The molecule has 1 saturated carbocycles. The molecule has 2 N–H and O–H groups in total. The molecule has 0 aliphatic heterocycles. The molecule has 0 aromatic carbocycles. The van der Waals surface area contributed by atoms with Gasteiger partial charge in [0.15, 0.2) is 0 Å². The molecule has 1 rings (SSSR count). The SMILES string of the molecule is CN(CCO)C(=O)CCNC(=O)C1CCCCC1. The van der Waals surface area contributed by atoms with Gasteiger partial charge in [0.25, 0.3) is 0 Å². The van der Waals surface area contributed by atoms with Crippen LogP contribution in [0.3, 0.4) is 0 Å². The minimum atomic E-state index is -0.0482. The van der Waals surface area contributed by atoms with E-state index in [2.05, 4.69) is 5.32 Å². The second-order valence-electron chi connectivity index (χ2n) is 4.91. The molecule has 5 heteroatoms. The fourth-order valence-corrected chi connectivity index (χ4v) is 2.27. The van der Waals surface area contributed by atoms with Gasteiger partial charge in [-0.2, -0.15) is 0 Å². The Balaban J connectivity index is 2.16. The Bertz CT molecular complexity index is 275. The molecule has 0 aromatic heterocycles. The lowest BCUT2D eigenvalue weighted by Gasteiger charge is -2.21. The molecule has 5 nitrogen and oxygen atoms in total. The maximum atomic E-state index is 11.8. The summed E-state index contributed by atoms with van der Waals surface area (Å²) in [6.45, 7) is 0.704. The molecule has 0 spiro atoms. The smallest absolute Gasteiger partial charge is 0.224 e. The highest BCUT2D eigenvalue weighted by Crippen LogP contribution is 2.23. The maximum absolute atomic E-state index is 11.8. The van der Waals surface area contributed by atoms with Gasteiger partial charge in [0, 0.05) is 32.5 Å². The van der Waals surface area contributed by atoms with E-state index in [1.165, 1.54) is 11.3 Å². The summed E-state index contributed by atoms with van der Waals surface area (Å²) >= 11 is 0. The average molecular weight is 256 g/mol. The molecule has 0 heterocycles. The van der Waals surface area contributed by atoms with E-state index in [1.807, 2.05) is 0 Å². The van der Waals surface area contributed by atoms with Gasteiger partial charge in [-0.15, -0.1) is 0 Å². The second-order valence-corrected chi connectivity index (χ2v) is 4.91. The zero-order valence-electron chi connectivity index (χ0n) is 11.2. The van der Waals surface area contributed by atoms with Gasteiger partial charge >= 0.3 is 0 Å². The Labute approximate surface area is 109 Å². The summed E-state index contributed by atoms with van der Waals surface area (Å²) in [5, 5.41) is 11.5. The average Bonchev–Trinajstić information content (AvgIpc) is 2.39. The van der Waals surface area contributed by atoms with Crippen LogP contribution in [0.5, 0.6) is 0 Å². The number of hydrogen-bond acceptors (Lipinski definition) is 3. The van der Waals surface area contributed by atoms with E-state index in [9.17, 15) is 9.59 Å². The second kappa shape index (κ2) is 8.08. The zero-order chi connectivity index (χ0) is 13.4. The van der Waals surface area contributed by atoms with Gasteiger partial charge in [-0.05, 0) is 12.8 Å². The number of likely N-dealkylation sites (N-methyl/N-ethyl adjacent to an activating group) is 1. The summed E-state index contributed by atoms with van der Waals surface area (Å²) in [7, 11) is 1.65. The van der Waals surface area contributed by atoms with Crippen molar-refractivity contribution < 1.29 is 14.7 Å². The Morgan fingerprint density at radius 1 is 1.28 bits per heavy atom. The maximum Gasteiger partial charge on any atom is 0.224 e. The molecule has 1 aliphatic carbocycles. The van der Waals surface area contributed by atoms with E-state index in [1.54, 1.807) is 7.05 Å². The summed E-state index contributed by atoms with van der Waals surface area (Å²) in [5.41, 5.74) is 0. The fourth-order valence-electron chi connectivity index (χ4n) is 2.27. The predicted molar refractivity (Wildman–Crippen MR) is 68.9 cm³/mol. The largest absolute Gasteiger partial charge is 0.395 e. The van der Waals surface area contributed by atoms with Crippen molar-refractivity contribution in [2.75, 3.05) is 26.7 Å². The molecule has 0 unspecified atom stereocenters. The number of aliphatic hydroxyl groups is 1. The summed E-state index contributed by atoms with van der Waals surface area (Å²) in [6, 6.07) is 0. The first kappa shape index (κ1) is 15.0. The monoisotopic (exact) mass is 256 g/mol. The standard InChI is InChI=1S/C13H24N2O3/c1-15(9-10-16)12(17)7-8-14-13(18)11-5-3-2-4-6-11/h11,16H,2-10H2,1H3,(H,14,18). The van der Waals surface area contributed by atoms with Crippen molar-refractivity contribution in [1.29, 1.82) is 0 Å². The van der Waals surface area contributed by atoms with Crippen LogP contribution in [0.2, 0.25) is 0 Å². The van der Waals surface area contributed by atoms with Crippen LogP contribution in [0, 0.1) is 5.92 Å². The number of amides is 2. The van der Waals surface area contributed by atoms with Crippen molar-refractivity contribution in [2.24, 2.45) is 5.92 Å². The number of nitrogens with one attached hydrogen (secondary N) is 1. The molecule has 0 saturated heterocycles. The van der Waals surface area contributed by atoms with Crippen molar-refractivity contribution in [1.82, 2.24) is 10.2 Å². The van der Waals surface area contributed by atoms with Gasteiger partial charge in [-0.25, -0.2) is 0 Å². The molecule has 2 amide bonds. The summed E-state index contributed by atoms with van der Waals surface area (Å²) < 4.78 is 0. The van der Waals surface area contributed by atoms with Gasteiger partial charge in [0.2, 0.25) is 11.8 Å². The minimum absolute atomic E-state index is 0.0311. The van der Waals surface area contributed by atoms with Crippen molar-refractivity contribution in [3.05, 3.63) is 0 Å². The van der Waals surface area contributed by atoms with Crippen molar-refractivity contribution in [3.8, 4) is 0 Å². The Kier molecular flexibility index (Phi) is 6.72. The zero-order valence-corrected chi connectivity index (χ0v) is 11.2. The van der Waals surface area contributed by atoms with Crippen LogP contribution in [0.1, 0.15) is 38.5 Å². The topological polar surface area (TPSA) is 69.6 Å². The molecule has 18 heavy (non-hydrogen) atoms. The summed E-state index contributed by atoms with van der Waals surface area (Å²) in [6.07, 6.45) is 5.75. The van der Waals surface area contributed by atoms with Crippen molar-refractivity contribution in [3.63, 3.8) is 0 Å². The van der Waals surface area contributed by atoms with Crippen LogP contribution >= 0.6 is 0 Å². The highest BCUT2D eigenvalue weighted by atomic mass is 16.3. The van der Waals surface area contributed by atoms with Crippen molar-refractivity contribution >= 4 is 11.8 Å². The van der Waals surface area contributed by atoms with Crippen LogP contribution in [0.4, 0.5) is 0 Å². The highest BCUT2D eigenvalue weighted by Gasteiger charge is 2.20. The number of nitrogens with zero attached hydrogens (tertiary/aromatic N) is 1. The van der Waals surface area contributed by atoms with Crippen LogP contribution in [-0.4, -0.2) is 48.6 Å². The minimum Gasteiger partial charge on any atom is -0.395 e. The number of rotatable bonds is 6. The van der Waals surface area contributed by atoms with E-state index in [-0.39, 0.29) is 24.3 Å². The lowest BCUT2D eigenvalue weighted by Crippen LogP contribution is -2.36. The number of carbonyl (C=O) groups is 2. The third kappa shape index (κ3) is 5.04. The van der Waals surface area contributed by atoms with Crippen LogP contribution in [-0.2, 0) is 9.59 Å². The normalized spacial score (nSPS) is 16.3. The lowest BCUT2D eigenvalue weighted by molar-refractivity contribution is -0.130. The highest BCUT2D eigenvalue weighted by molar-refractivity contribution is 5.80. The van der Waals surface area contributed by atoms with Crippen LogP contribution in [0.25, 0.3) is 0 Å². The van der Waals surface area contributed by atoms with Gasteiger partial charge in [0.1, 0.15) is 0 Å². The first-order chi connectivity index (χ1) is 8.65. The Morgan fingerprint density at radius 2 is 1.94 bits per heavy atom. The van der Waals surface area contributed by atoms with Crippen molar-refractivity contribution in [2.45, 2.75) is 38.5 Å². The molecule has 104 valence electrons. The Morgan fingerprint density at radius 3 is 2.56 bits per heavy atom. The molecule has 0 aromatic rings. The van der Waals surface area contributed by atoms with Gasteiger partial charge < -0.3 is 15.3 Å². The van der Waals surface area contributed by atoms with Gasteiger partial charge in [0.05, 0.1) is 6.61 Å². The van der Waals surface area contributed by atoms with E-state index >= 15 is 0 Å². The lowest BCUT2D eigenvalue weighted by atomic mass is 9.89. The summed E-state index contributed by atoms with van der Waals surface area (Å²) in [4.78, 5) is 24.8. The van der Waals surface area contributed by atoms with E-state index < -0.39 is 0 Å². The van der Waals surface area contributed by atoms with Gasteiger partial charge in [-0.1, -0.05) is 19.3 Å². The van der Waals surface area contributed by atoms with E-state index in [0.29, 0.717) is 19.5 Å². The number of carbonyl (C=O) groups excluding carboxylic acids is 2. The van der Waals surface area contributed by atoms with E-state index in [0.717, 1.165) is 25.7 Å². The molecule has 0 atom stereocenters. The third-order valence-electron chi connectivity index (χ3n) is 3.48. The van der Waals surface area contributed by atoms with Crippen LogP contribution in [0.15, 0.2) is 0 Å². The molecule has 0 radical (unpaired) electrons. The first-order valence-corrected chi connectivity index (χ1v) is 6.77. The number of hydrogen-bond donors (Lipinski definition) is 2. The molecular weight excluding hydrogens is 232 g/mol.